The summed E-state index contributed by atoms with van der Waals surface area (Å²) >= 11 is 0. The van der Waals surface area contributed by atoms with Gasteiger partial charge in [0.05, 0.1) is 16.8 Å². The molecule has 7 nitrogen and oxygen atoms in total. The fourth-order valence-electron chi connectivity index (χ4n) is 5.27. The first-order chi connectivity index (χ1) is 19.5. The summed E-state index contributed by atoms with van der Waals surface area (Å²) in [6, 6.07) is 24.2. The van der Waals surface area contributed by atoms with Crippen LogP contribution in [0, 0.1) is 19.7 Å². The van der Waals surface area contributed by atoms with Crippen LogP contribution in [-0.2, 0) is 6.42 Å². The van der Waals surface area contributed by atoms with Gasteiger partial charge in [0.1, 0.15) is 17.5 Å². The summed E-state index contributed by atoms with van der Waals surface area (Å²) in [4.78, 5) is 27.5. The van der Waals surface area contributed by atoms with E-state index in [-0.39, 0.29) is 11.7 Å². The van der Waals surface area contributed by atoms with E-state index in [0.29, 0.717) is 43.1 Å². The Morgan fingerprint density at radius 3 is 2.35 bits per heavy atom. The third kappa shape index (κ3) is 5.17. The number of amides is 1. The minimum atomic E-state index is -0.300. The molecule has 1 aliphatic heterocycles. The molecule has 0 radical (unpaired) electrons. The van der Waals surface area contributed by atoms with Crippen molar-refractivity contribution < 1.29 is 9.18 Å². The fraction of sp³-hybridized carbons (Fsp3) is 0.250. The van der Waals surface area contributed by atoms with Gasteiger partial charge in [0.15, 0.2) is 5.65 Å². The van der Waals surface area contributed by atoms with Gasteiger partial charge in [-0.1, -0.05) is 48.0 Å². The van der Waals surface area contributed by atoms with E-state index in [1.165, 1.54) is 12.1 Å². The molecular formula is C32H31FN6O. The van der Waals surface area contributed by atoms with Crippen molar-refractivity contribution in [2.75, 3.05) is 31.1 Å². The number of benzene rings is 3. The zero-order valence-electron chi connectivity index (χ0n) is 22.7. The van der Waals surface area contributed by atoms with E-state index < -0.39 is 0 Å². The summed E-state index contributed by atoms with van der Waals surface area (Å²) in [7, 11) is 0. The second-order valence-corrected chi connectivity index (χ2v) is 10.3. The lowest BCUT2D eigenvalue weighted by Gasteiger charge is -2.24. The summed E-state index contributed by atoms with van der Waals surface area (Å²) in [5.41, 5.74) is 5.19. The summed E-state index contributed by atoms with van der Waals surface area (Å²) < 4.78 is 15.5. The second kappa shape index (κ2) is 10.9. The molecule has 1 fully saturated rings. The third-order valence-corrected chi connectivity index (χ3v) is 7.39. The van der Waals surface area contributed by atoms with Gasteiger partial charge in [-0.25, -0.2) is 19.0 Å². The van der Waals surface area contributed by atoms with Crippen molar-refractivity contribution in [2.24, 2.45) is 0 Å². The maximum Gasteiger partial charge on any atom is 0.253 e. The molecule has 40 heavy (non-hydrogen) atoms. The number of fused-ring (bicyclic) bond motifs is 1. The Morgan fingerprint density at radius 1 is 0.850 bits per heavy atom. The molecule has 1 amide bonds. The van der Waals surface area contributed by atoms with Gasteiger partial charge >= 0.3 is 0 Å². The smallest absolute Gasteiger partial charge is 0.253 e. The topological polar surface area (TPSA) is 67.2 Å². The van der Waals surface area contributed by atoms with E-state index in [0.717, 1.165) is 46.7 Å². The first-order valence-corrected chi connectivity index (χ1v) is 13.6. The van der Waals surface area contributed by atoms with E-state index in [9.17, 15) is 9.18 Å². The van der Waals surface area contributed by atoms with Gasteiger partial charge in [-0.2, -0.15) is 5.10 Å². The van der Waals surface area contributed by atoms with E-state index in [1.54, 1.807) is 16.8 Å². The van der Waals surface area contributed by atoms with Gasteiger partial charge in [0.2, 0.25) is 0 Å². The van der Waals surface area contributed by atoms with Gasteiger partial charge in [0, 0.05) is 38.2 Å². The molecule has 3 heterocycles. The number of carbonyl (C=O) groups excluding carboxylic acids is 1. The molecule has 0 spiro atoms. The molecule has 5 aromatic rings. The molecule has 0 unspecified atom stereocenters. The number of rotatable bonds is 5. The third-order valence-electron chi connectivity index (χ3n) is 7.39. The van der Waals surface area contributed by atoms with Crippen LogP contribution >= 0.6 is 0 Å². The largest absolute Gasteiger partial charge is 0.354 e. The maximum atomic E-state index is 13.7. The average molecular weight is 535 g/mol. The van der Waals surface area contributed by atoms with Crippen LogP contribution < -0.4 is 4.90 Å². The predicted octanol–water partition coefficient (Wildman–Crippen LogP) is 5.51. The summed E-state index contributed by atoms with van der Waals surface area (Å²) in [6.07, 6.45) is 1.39. The van der Waals surface area contributed by atoms with Gasteiger partial charge in [-0.15, -0.1) is 0 Å². The highest BCUT2D eigenvalue weighted by molar-refractivity contribution is 5.94. The quantitative estimate of drug-likeness (QED) is 0.297. The fourth-order valence-corrected chi connectivity index (χ4v) is 5.27. The lowest BCUT2D eigenvalue weighted by atomic mass is 10.1. The minimum Gasteiger partial charge on any atom is -0.354 e. The molecule has 1 saturated heterocycles. The number of carbonyl (C=O) groups is 1. The second-order valence-electron chi connectivity index (χ2n) is 10.3. The van der Waals surface area contributed by atoms with E-state index in [2.05, 4.69) is 17.0 Å². The van der Waals surface area contributed by atoms with Crippen molar-refractivity contribution in [3.63, 3.8) is 0 Å². The molecule has 0 bridgehead atoms. The average Bonchev–Trinajstić information content (AvgIpc) is 3.13. The van der Waals surface area contributed by atoms with Crippen molar-refractivity contribution in [3.05, 3.63) is 113 Å². The number of anilines is 1. The van der Waals surface area contributed by atoms with Crippen molar-refractivity contribution >= 4 is 22.8 Å². The predicted molar refractivity (Wildman–Crippen MR) is 155 cm³/mol. The molecular weight excluding hydrogens is 503 g/mol. The molecule has 2 aromatic heterocycles. The molecule has 6 rings (SSSR count). The molecule has 0 saturated carbocycles. The zero-order valence-corrected chi connectivity index (χ0v) is 22.7. The lowest BCUT2D eigenvalue weighted by Crippen LogP contribution is -2.35. The van der Waals surface area contributed by atoms with Crippen LogP contribution in [0.25, 0.3) is 16.7 Å². The van der Waals surface area contributed by atoms with Crippen LogP contribution in [-0.4, -0.2) is 56.7 Å². The van der Waals surface area contributed by atoms with Crippen LogP contribution in [0.15, 0.2) is 78.9 Å². The van der Waals surface area contributed by atoms with Crippen molar-refractivity contribution in [3.8, 4) is 5.69 Å². The van der Waals surface area contributed by atoms with Gasteiger partial charge in [-0.3, -0.25) is 4.79 Å². The molecule has 8 heteroatoms. The van der Waals surface area contributed by atoms with Gasteiger partial charge in [0.25, 0.3) is 5.91 Å². The number of nitrogens with zero attached hydrogens (tertiary/aromatic N) is 6. The SMILES string of the molecule is Cc1ccc(C(=O)N2CCCN(c3nc(Cc4ccccc4)nc4c3c(C)nn4-c3ccc(F)cc3)CC2)cc1. The molecule has 1 aliphatic rings. The van der Waals surface area contributed by atoms with Crippen molar-refractivity contribution in [1.29, 1.82) is 0 Å². The highest BCUT2D eigenvalue weighted by atomic mass is 19.1. The lowest BCUT2D eigenvalue weighted by molar-refractivity contribution is 0.0767. The molecule has 0 atom stereocenters. The molecule has 3 aromatic carbocycles. The Labute approximate surface area is 232 Å². The number of aryl methyl sites for hydroxylation is 2. The number of hydrogen-bond donors (Lipinski definition) is 0. The Hall–Kier alpha value is -4.59. The van der Waals surface area contributed by atoms with E-state index >= 15 is 0 Å². The van der Waals surface area contributed by atoms with Crippen LogP contribution in [0.1, 0.15) is 39.4 Å². The molecule has 0 aliphatic carbocycles. The van der Waals surface area contributed by atoms with Gasteiger partial charge < -0.3 is 9.80 Å². The Kier molecular flexibility index (Phi) is 6.99. The van der Waals surface area contributed by atoms with Crippen LogP contribution in [0.4, 0.5) is 10.2 Å². The summed E-state index contributed by atoms with van der Waals surface area (Å²) in [5.74, 6) is 1.27. The standard InChI is InChI=1S/C32H31FN6O/c1-22-9-11-25(12-10-22)32(40)38-18-6-17-37(19-20-38)30-29-23(2)36-39(27-15-13-26(33)14-16-27)31(29)35-28(34-30)21-24-7-4-3-5-8-24/h3-5,7-16H,6,17-21H2,1-2H3. The van der Waals surface area contributed by atoms with Crippen LogP contribution in [0.5, 0.6) is 0 Å². The van der Waals surface area contributed by atoms with E-state index in [1.807, 2.05) is 61.2 Å². The number of halogens is 1. The summed E-state index contributed by atoms with van der Waals surface area (Å²) in [5, 5.41) is 5.68. The highest BCUT2D eigenvalue weighted by Crippen LogP contribution is 2.30. The van der Waals surface area contributed by atoms with Crippen molar-refractivity contribution in [2.45, 2.75) is 26.7 Å². The Balaban J connectivity index is 1.37. The normalized spacial score (nSPS) is 14.0. The number of hydrogen-bond acceptors (Lipinski definition) is 5. The minimum absolute atomic E-state index is 0.0553. The maximum absolute atomic E-state index is 13.7. The Morgan fingerprint density at radius 2 is 1.60 bits per heavy atom. The molecule has 202 valence electrons. The first-order valence-electron chi connectivity index (χ1n) is 13.6. The van der Waals surface area contributed by atoms with Crippen LogP contribution in [0.2, 0.25) is 0 Å². The van der Waals surface area contributed by atoms with E-state index in [4.69, 9.17) is 15.1 Å². The van der Waals surface area contributed by atoms with Crippen molar-refractivity contribution in [1.82, 2.24) is 24.6 Å². The molecule has 0 N–H and O–H groups in total. The van der Waals surface area contributed by atoms with Crippen LogP contribution in [0.3, 0.4) is 0 Å². The first kappa shape index (κ1) is 25.7. The van der Waals surface area contributed by atoms with Gasteiger partial charge in [-0.05, 0) is 62.2 Å². The number of aromatic nitrogens is 4. The zero-order chi connectivity index (χ0) is 27.6. The Bertz CT molecular complexity index is 1650. The summed E-state index contributed by atoms with van der Waals surface area (Å²) in [6.45, 7) is 6.66. The highest BCUT2D eigenvalue weighted by Gasteiger charge is 2.25. The monoisotopic (exact) mass is 534 g/mol.